The summed E-state index contributed by atoms with van der Waals surface area (Å²) in [5.41, 5.74) is 5.86. The Morgan fingerprint density at radius 1 is 1.00 bits per heavy atom. The molecular weight excluding hydrogens is 528 g/mol. The van der Waals surface area contributed by atoms with Gasteiger partial charge in [0.25, 0.3) is 5.91 Å². The van der Waals surface area contributed by atoms with Crippen LogP contribution in [0.25, 0.3) is 22.2 Å². The fourth-order valence-electron chi connectivity index (χ4n) is 4.25. The summed E-state index contributed by atoms with van der Waals surface area (Å²) in [6.45, 7) is 10.1. The van der Waals surface area contributed by atoms with E-state index in [2.05, 4.69) is 35.1 Å². The van der Waals surface area contributed by atoms with Crippen molar-refractivity contribution in [1.29, 1.82) is 0 Å². The third-order valence-corrected chi connectivity index (χ3v) is 6.36. The Hall–Kier alpha value is -3.51. The van der Waals surface area contributed by atoms with Crippen LogP contribution in [0.3, 0.4) is 0 Å². The smallest absolute Gasteiger partial charge is 0.337 e. The highest BCUT2D eigenvalue weighted by atomic mass is 79.9. The number of rotatable bonds is 6. The van der Waals surface area contributed by atoms with Crippen LogP contribution in [-0.4, -0.2) is 24.0 Å². The van der Waals surface area contributed by atoms with Crippen LogP contribution in [0.15, 0.2) is 71.2 Å². The number of fused-ring (bicyclic) bond motifs is 1. The van der Waals surface area contributed by atoms with Crippen LogP contribution in [0, 0.1) is 12.8 Å². The first-order valence-corrected chi connectivity index (χ1v) is 13.3. The zero-order valence-electron chi connectivity index (χ0n) is 22.2. The number of hydrogen-bond donors (Lipinski definition) is 1. The van der Waals surface area contributed by atoms with Gasteiger partial charge in [-0.15, -0.1) is 0 Å². The predicted molar refractivity (Wildman–Crippen MR) is 155 cm³/mol. The Balaban J connectivity index is 0.00000186. The topological polar surface area (TPSA) is 68.3 Å². The molecule has 4 aromatic rings. The van der Waals surface area contributed by atoms with Gasteiger partial charge in [0.2, 0.25) is 0 Å². The maximum atomic E-state index is 13.8. The minimum atomic E-state index is -0.402. The lowest BCUT2D eigenvalue weighted by molar-refractivity contribution is 0.0600. The van der Waals surface area contributed by atoms with Crippen LogP contribution < -0.4 is 5.32 Å². The highest BCUT2D eigenvalue weighted by Crippen LogP contribution is 2.32. The number of pyridine rings is 1. The van der Waals surface area contributed by atoms with Crippen molar-refractivity contribution in [2.24, 2.45) is 5.92 Å². The molecule has 3 aromatic carbocycles. The van der Waals surface area contributed by atoms with Gasteiger partial charge in [-0.25, -0.2) is 9.78 Å². The summed E-state index contributed by atoms with van der Waals surface area (Å²) < 4.78 is 5.75. The van der Waals surface area contributed by atoms with Gasteiger partial charge >= 0.3 is 5.97 Å². The summed E-state index contributed by atoms with van der Waals surface area (Å²) in [6.07, 6.45) is 0.706. The van der Waals surface area contributed by atoms with E-state index >= 15 is 0 Å². The molecule has 5 nitrogen and oxygen atoms in total. The summed E-state index contributed by atoms with van der Waals surface area (Å²) in [7, 11) is 1.36. The van der Waals surface area contributed by atoms with Gasteiger partial charge in [0.15, 0.2) is 0 Å². The van der Waals surface area contributed by atoms with Crippen LogP contribution in [0.4, 0.5) is 5.69 Å². The van der Waals surface area contributed by atoms with E-state index in [-0.39, 0.29) is 5.91 Å². The second-order valence-corrected chi connectivity index (χ2v) is 9.82. The number of aromatic nitrogens is 1. The lowest BCUT2D eigenvalue weighted by atomic mass is 9.96. The molecule has 37 heavy (non-hydrogen) atoms. The Morgan fingerprint density at radius 3 is 2.35 bits per heavy atom. The molecule has 1 heterocycles. The molecule has 0 atom stereocenters. The van der Waals surface area contributed by atoms with Gasteiger partial charge in [-0.3, -0.25) is 4.79 Å². The molecule has 0 aliphatic rings. The zero-order chi connectivity index (χ0) is 27.1. The molecule has 0 unspecified atom stereocenters. The zero-order valence-corrected chi connectivity index (χ0v) is 23.8. The first kappa shape index (κ1) is 28.1. The van der Waals surface area contributed by atoms with Crippen LogP contribution in [-0.2, 0) is 11.2 Å². The van der Waals surface area contributed by atoms with Gasteiger partial charge in [-0.1, -0.05) is 74.0 Å². The largest absolute Gasteiger partial charge is 0.465 e. The summed E-state index contributed by atoms with van der Waals surface area (Å²) in [4.78, 5) is 30.8. The monoisotopic (exact) mass is 560 g/mol. The summed E-state index contributed by atoms with van der Waals surface area (Å²) in [5, 5.41) is 3.88. The molecule has 0 spiro atoms. The number of halogens is 1. The van der Waals surface area contributed by atoms with Gasteiger partial charge in [-0.2, -0.15) is 0 Å². The fraction of sp³-hybridized carbons (Fsp3) is 0.258. The van der Waals surface area contributed by atoms with Crippen LogP contribution in [0.5, 0.6) is 0 Å². The normalized spacial score (nSPS) is 10.6. The number of nitrogens with one attached hydrogen (secondary N) is 1. The first-order chi connectivity index (χ1) is 17.8. The van der Waals surface area contributed by atoms with Crippen molar-refractivity contribution in [1.82, 2.24) is 4.98 Å². The van der Waals surface area contributed by atoms with Crippen LogP contribution >= 0.6 is 15.9 Å². The first-order valence-electron chi connectivity index (χ1n) is 12.5. The average Bonchev–Trinajstić information content (AvgIpc) is 2.90. The lowest BCUT2D eigenvalue weighted by Gasteiger charge is -2.17. The van der Waals surface area contributed by atoms with E-state index in [1.165, 1.54) is 7.11 Å². The van der Waals surface area contributed by atoms with Gasteiger partial charge in [0.05, 0.1) is 29.4 Å². The molecule has 0 saturated carbocycles. The number of esters is 1. The van der Waals surface area contributed by atoms with E-state index in [9.17, 15) is 9.59 Å². The number of methoxy groups -OCH3 is 1. The number of benzene rings is 3. The number of ether oxygens (including phenoxy) is 1. The van der Waals surface area contributed by atoms with Gasteiger partial charge < -0.3 is 10.1 Å². The van der Waals surface area contributed by atoms with Crippen molar-refractivity contribution in [2.45, 2.75) is 41.0 Å². The second kappa shape index (κ2) is 12.6. The molecule has 0 aliphatic heterocycles. The van der Waals surface area contributed by atoms with Crippen molar-refractivity contribution in [3.63, 3.8) is 0 Å². The molecule has 0 aliphatic carbocycles. The number of carbonyl (C=O) groups is 2. The van der Waals surface area contributed by atoms with Crippen LogP contribution in [0.1, 0.15) is 59.5 Å². The molecule has 0 bridgehead atoms. The SMILES string of the molecule is CC.COC(=O)c1ccc(NC(=O)c2c(C)c(-c3ccccc3)nc3ccc(Br)cc23)c(CC(C)C)c1. The van der Waals surface area contributed by atoms with E-state index in [4.69, 9.17) is 9.72 Å². The van der Waals surface area contributed by atoms with E-state index in [1.54, 1.807) is 18.2 Å². The molecule has 4 rings (SSSR count). The molecule has 1 aromatic heterocycles. The molecule has 0 radical (unpaired) electrons. The number of nitrogens with zero attached hydrogens (tertiary/aromatic N) is 1. The van der Waals surface area contributed by atoms with Gasteiger partial charge in [0, 0.05) is 21.1 Å². The minimum Gasteiger partial charge on any atom is -0.465 e. The molecule has 1 amide bonds. The Kier molecular flexibility index (Phi) is 9.59. The van der Waals surface area contributed by atoms with Crippen molar-refractivity contribution in [3.8, 4) is 11.3 Å². The third kappa shape index (κ3) is 6.44. The van der Waals surface area contributed by atoms with E-state index in [0.717, 1.165) is 37.8 Å². The molecule has 1 N–H and O–H groups in total. The Morgan fingerprint density at radius 2 is 1.70 bits per heavy atom. The molecular formula is C31H33BrN2O3. The molecule has 0 fully saturated rings. The van der Waals surface area contributed by atoms with Crippen LogP contribution in [0.2, 0.25) is 0 Å². The Bertz CT molecular complexity index is 1420. The summed E-state index contributed by atoms with van der Waals surface area (Å²) in [5.74, 6) is -0.287. The van der Waals surface area contributed by atoms with Gasteiger partial charge in [-0.05, 0) is 66.8 Å². The standard InChI is InChI=1S/C29H27BrN2O3.C2H6/c1-17(2)14-21-15-20(29(34)35-4)10-12-24(21)32-28(33)26-18(3)27(19-8-6-5-7-9-19)31-25-13-11-22(30)16-23(25)26;1-2/h5-13,15-17H,14H2,1-4H3,(H,32,33);1-2H3. The van der Waals surface area contributed by atoms with E-state index in [0.29, 0.717) is 29.2 Å². The summed E-state index contributed by atoms with van der Waals surface area (Å²) in [6, 6.07) is 20.9. The quantitative estimate of drug-likeness (QED) is 0.241. The predicted octanol–water partition coefficient (Wildman–Crippen LogP) is 8.24. The van der Waals surface area contributed by atoms with E-state index in [1.807, 2.05) is 69.3 Å². The maximum absolute atomic E-state index is 13.8. The maximum Gasteiger partial charge on any atom is 0.337 e. The van der Waals surface area contributed by atoms with E-state index < -0.39 is 5.97 Å². The molecule has 6 heteroatoms. The Labute approximate surface area is 227 Å². The van der Waals surface area contributed by atoms with Crippen molar-refractivity contribution >= 4 is 44.4 Å². The highest BCUT2D eigenvalue weighted by Gasteiger charge is 2.21. The highest BCUT2D eigenvalue weighted by molar-refractivity contribution is 9.10. The molecule has 0 saturated heterocycles. The van der Waals surface area contributed by atoms with Crippen molar-refractivity contribution in [2.75, 3.05) is 12.4 Å². The van der Waals surface area contributed by atoms with Crippen molar-refractivity contribution < 1.29 is 14.3 Å². The number of hydrogen-bond acceptors (Lipinski definition) is 4. The third-order valence-electron chi connectivity index (χ3n) is 5.87. The summed E-state index contributed by atoms with van der Waals surface area (Å²) >= 11 is 3.53. The number of carbonyl (C=O) groups excluding carboxylic acids is 2. The minimum absolute atomic E-state index is 0.221. The fourth-order valence-corrected chi connectivity index (χ4v) is 4.62. The second-order valence-electron chi connectivity index (χ2n) is 8.90. The number of anilines is 1. The number of amides is 1. The van der Waals surface area contributed by atoms with Crippen molar-refractivity contribution in [3.05, 3.63) is 93.5 Å². The molecule has 192 valence electrons. The average molecular weight is 562 g/mol. The van der Waals surface area contributed by atoms with Gasteiger partial charge in [0.1, 0.15) is 0 Å². The lowest BCUT2D eigenvalue weighted by Crippen LogP contribution is -2.17.